The van der Waals surface area contributed by atoms with Crippen molar-refractivity contribution in [3.05, 3.63) is 50.6 Å². The number of thiophene rings is 1. The number of rotatable bonds is 8. The summed E-state index contributed by atoms with van der Waals surface area (Å²) < 4.78 is 35.7. The van der Waals surface area contributed by atoms with Crippen LogP contribution >= 0.6 is 27.3 Å². The van der Waals surface area contributed by atoms with Gasteiger partial charge in [0, 0.05) is 24.5 Å². The number of amides is 1. The van der Waals surface area contributed by atoms with Crippen LogP contribution in [0.3, 0.4) is 0 Å². The van der Waals surface area contributed by atoms with Crippen LogP contribution in [0.25, 0.3) is 6.08 Å². The smallest absolute Gasteiger partial charge is 0.387 e. The number of carbonyl (C=O) groups excluding carboxylic acids is 1. The van der Waals surface area contributed by atoms with E-state index in [9.17, 15) is 13.6 Å². The summed E-state index contributed by atoms with van der Waals surface area (Å²) >= 11 is 4.90. The molecule has 0 aliphatic carbocycles. The predicted molar refractivity (Wildman–Crippen MR) is 102 cm³/mol. The molecule has 0 aliphatic rings. The molecule has 2 rings (SSSR count). The first kappa shape index (κ1) is 20.4. The Kier molecular flexibility index (Phi) is 7.59. The van der Waals surface area contributed by atoms with Crippen molar-refractivity contribution < 1.29 is 23.0 Å². The Labute approximate surface area is 163 Å². The van der Waals surface area contributed by atoms with Crippen LogP contribution in [0.5, 0.6) is 11.5 Å². The first-order chi connectivity index (χ1) is 12.4. The highest BCUT2D eigenvalue weighted by molar-refractivity contribution is 9.11. The molecule has 0 atom stereocenters. The quantitative estimate of drug-likeness (QED) is 0.525. The molecular weight excluding hydrogens is 428 g/mol. The maximum Gasteiger partial charge on any atom is 0.387 e. The SMILES string of the molecule is CCOc1cc(CN(C)C(=O)/C=C/c2ccc(Br)s2)ccc1OC(F)F. The Hall–Kier alpha value is -1.93. The van der Waals surface area contributed by atoms with Crippen LogP contribution < -0.4 is 9.47 Å². The number of likely N-dealkylation sites (N-methyl/N-ethyl adjacent to an activating group) is 1. The van der Waals surface area contributed by atoms with Crippen molar-refractivity contribution in [2.24, 2.45) is 0 Å². The molecule has 8 heteroatoms. The Morgan fingerprint density at radius 2 is 2.08 bits per heavy atom. The lowest BCUT2D eigenvalue weighted by atomic mass is 10.2. The van der Waals surface area contributed by atoms with E-state index in [0.717, 1.165) is 14.2 Å². The molecule has 0 N–H and O–H groups in total. The fourth-order valence-electron chi connectivity index (χ4n) is 2.16. The van der Waals surface area contributed by atoms with E-state index in [4.69, 9.17) is 4.74 Å². The zero-order valence-corrected chi connectivity index (χ0v) is 16.6. The minimum Gasteiger partial charge on any atom is -0.490 e. The molecule has 4 nitrogen and oxygen atoms in total. The van der Waals surface area contributed by atoms with E-state index < -0.39 is 6.61 Å². The van der Waals surface area contributed by atoms with Crippen LogP contribution in [0, 0.1) is 0 Å². The van der Waals surface area contributed by atoms with E-state index in [1.165, 1.54) is 28.4 Å². The third kappa shape index (κ3) is 6.10. The third-order valence-electron chi connectivity index (χ3n) is 3.30. The molecule has 0 unspecified atom stereocenters. The molecule has 0 saturated heterocycles. The maximum atomic E-state index is 12.4. The van der Waals surface area contributed by atoms with Crippen molar-refractivity contribution >= 4 is 39.2 Å². The summed E-state index contributed by atoms with van der Waals surface area (Å²) in [5.74, 6) is 0.0354. The van der Waals surface area contributed by atoms with Crippen LogP contribution in [0.4, 0.5) is 8.78 Å². The van der Waals surface area contributed by atoms with E-state index in [2.05, 4.69) is 20.7 Å². The number of carbonyl (C=O) groups is 1. The van der Waals surface area contributed by atoms with Crippen molar-refractivity contribution in [1.82, 2.24) is 4.90 Å². The van der Waals surface area contributed by atoms with E-state index in [1.54, 1.807) is 32.2 Å². The zero-order valence-electron chi connectivity index (χ0n) is 14.2. The molecule has 1 heterocycles. The fourth-order valence-corrected chi connectivity index (χ4v) is 3.49. The second kappa shape index (κ2) is 9.68. The highest BCUT2D eigenvalue weighted by Crippen LogP contribution is 2.30. The number of halogens is 3. The largest absolute Gasteiger partial charge is 0.490 e. The number of ether oxygens (including phenoxy) is 2. The molecule has 1 aromatic carbocycles. The molecule has 0 aliphatic heterocycles. The van der Waals surface area contributed by atoms with Gasteiger partial charge >= 0.3 is 6.61 Å². The second-order valence-electron chi connectivity index (χ2n) is 5.26. The highest BCUT2D eigenvalue weighted by atomic mass is 79.9. The topological polar surface area (TPSA) is 38.8 Å². The molecule has 26 heavy (non-hydrogen) atoms. The fraction of sp³-hybridized carbons (Fsp3) is 0.278. The van der Waals surface area contributed by atoms with Gasteiger partial charge in [0.2, 0.25) is 5.91 Å². The van der Waals surface area contributed by atoms with Gasteiger partial charge in [0.05, 0.1) is 10.4 Å². The number of hydrogen-bond acceptors (Lipinski definition) is 4. The average Bonchev–Trinajstić information content (AvgIpc) is 3.00. The number of hydrogen-bond donors (Lipinski definition) is 0. The first-order valence-electron chi connectivity index (χ1n) is 7.78. The lowest BCUT2D eigenvalue weighted by molar-refractivity contribution is -0.125. The van der Waals surface area contributed by atoms with Crippen LogP contribution in [-0.2, 0) is 11.3 Å². The lowest BCUT2D eigenvalue weighted by Crippen LogP contribution is -2.24. The second-order valence-corrected chi connectivity index (χ2v) is 7.76. The average molecular weight is 446 g/mol. The van der Waals surface area contributed by atoms with E-state index >= 15 is 0 Å². The number of benzene rings is 1. The maximum absolute atomic E-state index is 12.4. The molecule has 0 spiro atoms. The summed E-state index contributed by atoms with van der Waals surface area (Å²) in [7, 11) is 1.67. The van der Waals surface area contributed by atoms with Gasteiger partial charge in [0.15, 0.2) is 11.5 Å². The van der Waals surface area contributed by atoms with Gasteiger partial charge in [-0.3, -0.25) is 4.79 Å². The van der Waals surface area contributed by atoms with Crippen molar-refractivity contribution in [3.8, 4) is 11.5 Å². The van der Waals surface area contributed by atoms with E-state index in [-0.39, 0.29) is 17.4 Å². The standard InChI is InChI=1S/C18H18BrF2NO3S/c1-3-24-15-10-12(4-7-14(15)25-18(20)21)11-22(2)17(23)9-6-13-5-8-16(19)26-13/h4-10,18H,3,11H2,1-2H3/b9-6+. The van der Waals surface area contributed by atoms with Gasteiger partial charge in [-0.15, -0.1) is 11.3 Å². The van der Waals surface area contributed by atoms with Crippen LogP contribution in [0.15, 0.2) is 40.2 Å². The molecule has 1 amide bonds. The lowest BCUT2D eigenvalue weighted by Gasteiger charge is -2.17. The van der Waals surface area contributed by atoms with E-state index in [1.807, 2.05) is 12.1 Å². The predicted octanol–water partition coefficient (Wildman–Crippen LogP) is 5.18. The summed E-state index contributed by atoms with van der Waals surface area (Å²) in [6, 6.07) is 8.48. The molecule has 140 valence electrons. The molecule has 0 radical (unpaired) electrons. The van der Waals surface area contributed by atoms with Crippen molar-refractivity contribution in [1.29, 1.82) is 0 Å². The Balaban J connectivity index is 2.05. The van der Waals surface area contributed by atoms with E-state index in [0.29, 0.717) is 13.2 Å². The van der Waals surface area contributed by atoms with Crippen molar-refractivity contribution in [2.75, 3.05) is 13.7 Å². The molecule has 0 fully saturated rings. The van der Waals surface area contributed by atoms with Gasteiger partial charge < -0.3 is 14.4 Å². The zero-order chi connectivity index (χ0) is 19.1. The summed E-state index contributed by atoms with van der Waals surface area (Å²) in [5.41, 5.74) is 0.748. The summed E-state index contributed by atoms with van der Waals surface area (Å²) in [6.45, 7) is -0.544. The third-order valence-corrected chi connectivity index (χ3v) is 4.89. The van der Waals surface area contributed by atoms with Gasteiger partial charge in [-0.2, -0.15) is 8.78 Å². The van der Waals surface area contributed by atoms with Crippen LogP contribution in [0.1, 0.15) is 17.4 Å². The normalized spacial score (nSPS) is 11.2. The van der Waals surface area contributed by atoms with Crippen LogP contribution in [-0.4, -0.2) is 31.1 Å². The van der Waals surface area contributed by atoms with Crippen LogP contribution in [0.2, 0.25) is 0 Å². The van der Waals surface area contributed by atoms with Gasteiger partial charge in [-0.1, -0.05) is 6.07 Å². The van der Waals surface area contributed by atoms with Gasteiger partial charge in [0.1, 0.15) is 0 Å². The Morgan fingerprint density at radius 3 is 2.69 bits per heavy atom. The molecule has 0 saturated carbocycles. The molecular formula is C18H18BrF2NO3S. The number of nitrogens with zero attached hydrogens (tertiary/aromatic N) is 1. The van der Waals surface area contributed by atoms with Gasteiger partial charge in [-0.25, -0.2) is 0 Å². The minimum atomic E-state index is -2.92. The summed E-state index contributed by atoms with van der Waals surface area (Å²) in [5, 5.41) is 0. The molecule has 0 bridgehead atoms. The number of alkyl halides is 2. The molecule has 1 aromatic heterocycles. The minimum absolute atomic E-state index is 0.0252. The monoisotopic (exact) mass is 445 g/mol. The van der Waals surface area contributed by atoms with Crippen molar-refractivity contribution in [2.45, 2.75) is 20.1 Å². The Morgan fingerprint density at radius 1 is 1.31 bits per heavy atom. The first-order valence-corrected chi connectivity index (χ1v) is 9.39. The van der Waals surface area contributed by atoms with Crippen molar-refractivity contribution in [3.63, 3.8) is 0 Å². The van der Waals surface area contributed by atoms with Gasteiger partial charge in [-0.05, 0) is 58.8 Å². The Bertz CT molecular complexity index is 780. The highest BCUT2D eigenvalue weighted by Gasteiger charge is 2.13. The summed E-state index contributed by atoms with van der Waals surface area (Å²) in [4.78, 5) is 14.7. The summed E-state index contributed by atoms with van der Waals surface area (Å²) in [6.07, 6.45) is 3.25. The molecule has 2 aromatic rings. The van der Waals surface area contributed by atoms with Gasteiger partial charge in [0.25, 0.3) is 0 Å².